The lowest BCUT2D eigenvalue weighted by Gasteiger charge is -1.27. The highest BCUT2D eigenvalue weighted by molar-refractivity contribution is 3.26. The first kappa shape index (κ1) is 43.9. The summed E-state index contributed by atoms with van der Waals surface area (Å²) in [6.45, 7) is 0. The molecule has 0 heterocycles. The first-order chi connectivity index (χ1) is 1.00. The molecule has 30 valence electrons. The lowest BCUT2D eigenvalue weighted by Crippen LogP contribution is -2.02. The standard InChI is InChI=1S/H4N2.2H3N/c1-2;;/h1-2H2;2*1H3. The van der Waals surface area contributed by atoms with Gasteiger partial charge in [0, 0.05) is 0 Å². The van der Waals surface area contributed by atoms with Crippen molar-refractivity contribution in [1.29, 1.82) is 0 Å². The molecule has 0 aromatic heterocycles. The van der Waals surface area contributed by atoms with E-state index in [1.54, 1.807) is 0 Å². The molecule has 0 aromatic carbocycles. The summed E-state index contributed by atoms with van der Waals surface area (Å²) >= 11 is 0. The van der Waals surface area contributed by atoms with E-state index in [1.807, 2.05) is 0 Å². The summed E-state index contributed by atoms with van der Waals surface area (Å²) in [5.41, 5.74) is 0. The molecule has 0 rings (SSSR count). The van der Waals surface area contributed by atoms with E-state index in [9.17, 15) is 0 Å². The Morgan fingerprint density at radius 3 is 0.750 bits per heavy atom. The van der Waals surface area contributed by atoms with Gasteiger partial charge >= 0.3 is 0 Å². The monoisotopic (exact) mass is 66.1 g/mol. The first-order valence-corrected chi connectivity index (χ1v) is 0.333. The molecule has 0 aliphatic rings. The van der Waals surface area contributed by atoms with Crippen LogP contribution in [0.5, 0.6) is 0 Å². The smallest absolute Gasteiger partial charge is 0.274 e. The first-order valence-electron chi connectivity index (χ1n) is 0.333. The number of hydrazine groups is 1. The Morgan fingerprint density at radius 2 is 0.750 bits per heavy atom. The molecular weight excluding hydrogens is 56.0 g/mol. The molecule has 4 heteroatoms. The van der Waals surface area contributed by atoms with Gasteiger partial charge in [0.1, 0.15) is 0 Å². The molecule has 0 spiro atoms. The van der Waals surface area contributed by atoms with Gasteiger partial charge < -0.3 is 12.3 Å². The molecule has 4 heavy (non-hydrogen) atoms. The Balaban J connectivity index is -0.00000000500. The number of hydrogen-bond acceptors (Lipinski definition) is 4. The van der Waals surface area contributed by atoms with Gasteiger partial charge in [-0.1, -0.05) is 0 Å². The Labute approximate surface area is 25.3 Å². The van der Waals surface area contributed by atoms with Crippen LogP contribution in [0.15, 0.2) is 0 Å². The molecule has 10 N–H and O–H groups in total. The van der Waals surface area contributed by atoms with E-state index < -0.39 is 0 Å². The van der Waals surface area contributed by atoms with E-state index in [-0.39, 0.29) is 12.3 Å². The normalized spacial score (nSPS) is 1.50. The van der Waals surface area contributed by atoms with Crippen LogP contribution in [0.4, 0.5) is 0 Å². The van der Waals surface area contributed by atoms with Gasteiger partial charge in [0.25, 0.3) is 0 Å². The predicted molar refractivity (Wildman–Crippen MR) is 18.4 cm³/mol. The van der Waals surface area contributed by atoms with E-state index in [4.69, 9.17) is 0 Å². The summed E-state index contributed by atoms with van der Waals surface area (Å²) in [5.74, 6) is 8.00. The topological polar surface area (TPSA) is 122 Å². The lowest BCUT2D eigenvalue weighted by molar-refractivity contribution is 1.26. The molecule has 4 nitrogen and oxygen atoms in total. The van der Waals surface area contributed by atoms with Crippen molar-refractivity contribution in [3.63, 3.8) is 0 Å². The molecule has 0 aromatic rings. The van der Waals surface area contributed by atoms with E-state index >= 15 is 0 Å². The van der Waals surface area contributed by atoms with Gasteiger partial charge in [-0.25, -0.2) is 0 Å². The van der Waals surface area contributed by atoms with E-state index in [0.29, 0.717) is 0 Å². The Hall–Kier alpha value is -0.160. The zero-order valence-corrected chi connectivity index (χ0v) is 2.57. The minimum Gasteiger partial charge on any atom is -0.344 e. The fourth-order valence-electron chi connectivity index (χ4n) is 0. The molecule has 0 saturated heterocycles. The van der Waals surface area contributed by atoms with Crippen molar-refractivity contribution in [2.75, 3.05) is 0 Å². The molecule has 0 aliphatic heterocycles. The van der Waals surface area contributed by atoms with Gasteiger partial charge in [0.15, 0.2) is 0 Å². The van der Waals surface area contributed by atoms with Crippen LogP contribution in [-0.2, 0) is 0 Å². The van der Waals surface area contributed by atoms with Crippen molar-refractivity contribution in [3.05, 3.63) is 0 Å². The molecule has 0 radical (unpaired) electrons. The highest BCUT2D eigenvalue weighted by Crippen LogP contribution is -0.0190. The molecule has 0 aliphatic carbocycles. The zero-order valence-electron chi connectivity index (χ0n) is 2.57. The molecule has 0 amide bonds. The summed E-state index contributed by atoms with van der Waals surface area (Å²) in [5, 5.41) is 0. The second-order valence-electron chi connectivity index (χ2n) is 0. The molecule has 0 atom stereocenters. The molecule has 0 saturated carbocycles. The fourth-order valence-corrected chi connectivity index (χ4v) is 0. The predicted octanol–water partition coefficient (Wildman–Crippen LogP) is -0.857. The average molecular weight is 66.1 g/mol. The van der Waals surface area contributed by atoms with Crippen LogP contribution >= 0.6 is 0 Å². The van der Waals surface area contributed by atoms with Crippen molar-refractivity contribution in [3.8, 4) is 0 Å². The summed E-state index contributed by atoms with van der Waals surface area (Å²) < 4.78 is 0. The van der Waals surface area contributed by atoms with Gasteiger partial charge in [-0.15, -0.1) is 0 Å². The van der Waals surface area contributed by atoms with Crippen molar-refractivity contribution < 1.29 is 0 Å². The SMILES string of the molecule is N.N.NN. The van der Waals surface area contributed by atoms with Crippen LogP contribution in [0.1, 0.15) is 0 Å². The van der Waals surface area contributed by atoms with Gasteiger partial charge in [-0.05, 0) is 0 Å². The molecular formula is H10N4. The summed E-state index contributed by atoms with van der Waals surface area (Å²) in [7, 11) is 0. The molecule has 0 fully saturated rings. The maximum absolute atomic E-state index is 4.00. The third-order valence-corrected chi connectivity index (χ3v) is 0. The Morgan fingerprint density at radius 1 is 0.750 bits per heavy atom. The summed E-state index contributed by atoms with van der Waals surface area (Å²) in [6, 6.07) is 0. The molecule has 0 bridgehead atoms. The quantitative estimate of drug-likeness (QED) is 0.217. The minimum absolute atomic E-state index is 0. The van der Waals surface area contributed by atoms with Gasteiger partial charge in [0.2, 0.25) is 0 Å². The Kier molecular flexibility index (Phi) is 4120. The van der Waals surface area contributed by atoms with Crippen LogP contribution < -0.4 is 24.0 Å². The fraction of sp³-hybridized carbons (Fsp3) is 0. The van der Waals surface area contributed by atoms with E-state index in [1.165, 1.54) is 0 Å². The van der Waals surface area contributed by atoms with Crippen molar-refractivity contribution >= 4 is 0 Å². The largest absolute Gasteiger partial charge is 0.344 e. The van der Waals surface area contributed by atoms with Crippen molar-refractivity contribution in [2.24, 2.45) is 11.7 Å². The van der Waals surface area contributed by atoms with E-state index in [2.05, 4.69) is 11.7 Å². The maximum Gasteiger partial charge on any atom is -0.274 e. The van der Waals surface area contributed by atoms with Crippen LogP contribution in [0.25, 0.3) is 0 Å². The van der Waals surface area contributed by atoms with Crippen molar-refractivity contribution in [2.45, 2.75) is 0 Å². The van der Waals surface area contributed by atoms with Crippen LogP contribution in [0, 0.1) is 0 Å². The third kappa shape index (κ3) is 50.7. The summed E-state index contributed by atoms with van der Waals surface area (Å²) in [6.07, 6.45) is 0. The second-order valence-corrected chi connectivity index (χ2v) is 0. The van der Waals surface area contributed by atoms with Gasteiger partial charge in [0.05, 0.1) is 0 Å². The zero-order chi connectivity index (χ0) is 2.00. The Bertz CT molecular complexity index is 0. The number of rotatable bonds is 0. The second kappa shape index (κ2) is 376. The summed E-state index contributed by atoms with van der Waals surface area (Å²) in [4.78, 5) is 0. The van der Waals surface area contributed by atoms with Crippen LogP contribution in [0.2, 0.25) is 0 Å². The van der Waals surface area contributed by atoms with Crippen molar-refractivity contribution in [1.82, 2.24) is 12.3 Å². The van der Waals surface area contributed by atoms with Gasteiger partial charge in [-0.3, -0.25) is 11.7 Å². The van der Waals surface area contributed by atoms with Gasteiger partial charge in [-0.2, -0.15) is 0 Å². The maximum atomic E-state index is 4.00. The van der Waals surface area contributed by atoms with Crippen LogP contribution in [-0.4, -0.2) is 0 Å². The molecule has 0 unspecified atom stereocenters. The van der Waals surface area contributed by atoms with E-state index in [0.717, 1.165) is 0 Å². The highest BCUT2D eigenvalue weighted by Gasteiger charge is 0.726. The highest BCUT2D eigenvalue weighted by atomic mass is 15.0. The minimum atomic E-state index is 0. The number of hydrogen-bond donors (Lipinski definition) is 4. The lowest BCUT2D eigenvalue weighted by atomic mass is 13.0. The number of nitrogens with two attached hydrogens (primary N) is 2. The third-order valence-electron chi connectivity index (χ3n) is 0. The van der Waals surface area contributed by atoms with Crippen LogP contribution in [0.3, 0.4) is 0 Å². The average Bonchev–Trinajstić information content (AvgIpc) is 1.00.